The molecule has 0 aromatic rings. The molecule has 0 aromatic carbocycles. The van der Waals surface area contributed by atoms with Gasteiger partial charge in [0.1, 0.15) is 0 Å². The predicted molar refractivity (Wildman–Crippen MR) is 41.9 cm³/mol. The lowest BCUT2D eigenvalue weighted by Crippen LogP contribution is -2.19. The Kier molecular flexibility index (Phi) is 3.16. The van der Waals surface area contributed by atoms with Crippen molar-refractivity contribution in [2.75, 3.05) is 26.7 Å². The zero-order valence-corrected chi connectivity index (χ0v) is 6.71. The second kappa shape index (κ2) is 3.94. The Labute approximate surface area is 62.8 Å². The van der Waals surface area contributed by atoms with E-state index in [0.29, 0.717) is 12.5 Å². The third-order valence-electron chi connectivity index (χ3n) is 2.33. The van der Waals surface area contributed by atoms with Gasteiger partial charge in [0, 0.05) is 6.61 Å². The van der Waals surface area contributed by atoms with Crippen LogP contribution in [-0.2, 0) is 0 Å². The van der Waals surface area contributed by atoms with Crippen LogP contribution in [0.15, 0.2) is 0 Å². The molecule has 1 rings (SSSR count). The largest absolute Gasteiger partial charge is 0.396 e. The topological polar surface area (TPSA) is 23.5 Å². The number of likely N-dealkylation sites (tertiary alicyclic amines) is 1. The normalized spacial score (nSPS) is 30.0. The summed E-state index contributed by atoms with van der Waals surface area (Å²) in [6, 6.07) is 0. The fourth-order valence-corrected chi connectivity index (χ4v) is 1.49. The quantitative estimate of drug-likeness (QED) is 0.584. The van der Waals surface area contributed by atoms with Gasteiger partial charge in [0.15, 0.2) is 0 Å². The standard InChI is InChI=1S/C8H17NO/c1-9-5-2-3-8(7-10)4-6-9/h8,10H,2-7H2,1H3. The monoisotopic (exact) mass is 143 g/mol. The highest BCUT2D eigenvalue weighted by molar-refractivity contribution is 4.66. The predicted octanol–water partition coefficient (Wildman–Crippen LogP) is 0.711. The Hall–Kier alpha value is -0.0800. The first-order valence-electron chi connectivity index (χ1n) is 4.12. The van der Waals surface area contributed by atoms with Crippen molar-refractivity contribution in [1.82, 2.24) is 4.90 Å². The molecule has 2 heteroatoms. The molecule has 1 aliphatic heterocycles. The van der Waals surface area contributed by atoms with Gasteiger partial charge in [0.2, 0.25) is 0 Å². The highest BCUT2D eigenvalue weighted by Crippen LogP contribution is 2.15. The minimum Gasteiger partial charge on any atom is -0.396 e. The molecule has 10 heavy (non-hydrogen) atoms. The molecule has 0 bridgehead atoms. The maximum absolute atomic E-state index is 8.88. The molecule has 2 nitrogen and oxygen atoms in total. The second-order valence-electron chi connectivity index (χ2n) is 3.28. The van der Waals surface area contributed by atoms with Gasteiger partial charge in [-0.05, 0) is 45.3 Å². The summed E-state index contributed by atoms with van der Waals surface area (Å²) in [4.78, 5) is 2.34. The van der Waals surface area contributed by atoms with Crippen LogP contribution in [0.25, 0.3) is 0 Å². The first kappa shape index (κ1) is 8.02. The molecule has 0 spiro atoms. The Bertz CT molecular complexity index is 95.3. The molecule has 0 aromatic heterocycles. The molecule has 60 valence electrons. The minimum absolute atomic E-state index is 0.383. The van der Waals surface area contributed by atoms with Gasteiger partial charge in [0.05, 0.1) is 0 Å². The molecule has 0 amide bonds. The van der Waals surface area contributed by atoms with Crippen molar-refractivity contribution in [3.8, 4) is 0 Å². The van der Waals surface area contributed by atoms with E-state index in [-0.39, 0.29) is 0 Å². The van der Waals surface area contributed by atoms with E-state index in [2.05, 4.69) is 11.9 Å². The van der Waals surface area contributed by atoms with Crippen LogP contribution in [0.2, 0.25) is 0 Å². The summed E-state index contributed by atoms with van der Waals surface area (Å²) in [6.07, 6.45) is 3.63. The molecule has 0 saturated carbocycles. The molecule has 1 fully saturated rings. The first-order chi connectivity index (χ1) is 4.83. The molecular formula is C8H17NO. The Morgan fingerprint density at radius 2 is 2.20 bits per heavy atom. The molecule has 1 N–H and O–H groups in total. The fraction of sp³-hybridized carbons (Fsp3) is 1.00. The van der Waals surface area contributed by atoms with E-state index in [4.69, 9.17) is 5.11 Å². The zero-order chi connectivity index (χ0) is 7.40. The van der Waals surface area contributed by atoms with Gasteiger partial charge in [-0.25, -0.2) is 0 Å². The summed E-state index contributed by atoms with van der Waals surface area (Å²) in [5.41, 5.74) is 0. The molecular weight excluding hydrogens is 126 g/mol. The summed E-state index contributed by atoms with van der Waals surface area (Å²) < 4.78 is 0. The van der Waals surface area contributed by atoms with E-state index in [1.165, 1.54) is 25.8 Å². The first-order valence-corrected chi connectivity index (χ1v) is 4.12. The summed E-state index contributed by atoms with van der Waals surface area (Å²) in [7, 11) is 2.15. The average Bonchev–Trinajstić information content (AvgIpc) is 2.14. The zero-order valence-electron chi connectivity index (χ0n) is 6.71. The third kappa shape index (κ3) is 2.27. The Balaban J connectivity index is 2.26. The van der Waals surface area contributed by atoms with E-state index in [1.54, 1.807) is 0 Å². The van der Waals surface area contributed by atoms with Crippen molar-refractivity contribution >= 4 is 0 Å². The summed E-state index contributed by atoms with van der Waals surface area (Å²) in [5.74, 6) is 0.574. The van der Waals surface area contributed by atoms with Crippen LogP contribution in [0.1, 0.15) is 19.3 Å². The molecule has 1 aliphatic rings. The minimum atomic E-state index is 0.383. The van der Waals surface area contributed by atoms with Crippen molar-refractivity contribution in [3.63, 3.8) is 0 Å². The molecule has 1 heterocycles. The summed E-state index contributed by atoms with van der Waals surface area (Å²) in [6.45, 7) is 2.75. The lowest BCUT2D eigenvalue weighted by atomic mass is 10.0. The Morgan fingerprint density at radius 3 is 2.90 bits per heavy atom. The Morgan fingerprint density at radius 1 is 1.40 bits per heavy atom. The highest BCUT2D eigenvalue weighted by Gasteiger charge is 2.12. The van der Waals surface area contributed by atoms with Gasteiger partial charge >= 0.3 is 0 Å². The van der Waals surface area contributed by atoms with E-state index >= 15 is 0 Å². The lowest BCUT2D eigenvalue weighted by Gasteiger charge is -2.12. The number of nitrogens with zero attached hydrogens (tertiary/aromatic N) is 1. The number of aliphatic hydroxyl groups is 1. The van der Waals surface area contributed by atoms with Gasteiger partial charge in [-0.2, -0.15) is 0 Å². The van der Waals surface area contributed by atoms with E-state index in [1.807, 2.05) is 0 Å². The average molecular weight is 143 g/mol. The number of rotatable bonds is 1. The third-order valence-corrected chi connectivity index (χ3v) is 2.33. The lowest BCUT2D eigenvalue weighted by molar-refractivity contribution is 0.211. The van der Waals surface area contributed by atoms with Gasteiger partial charge in [-0.15, -0.1) is 0 Å². The van der Waals surface area contributed by atoms with Gasteiger partial charge in [0.25, 0.3) is 0 Å². The molecule has 1 atom stereocenters. The van der Waals surface area contributed by atoms with Crippen LogP contribution in [0.5, 0.6) is 0 Å². The van der Waals surface area contributed by atoms with Gasteiger partial charge in [-0.3, -0.25) is 0 Å². The molecule has 1 unspecified atom stereocenters. The van der Waals surface area contributed by atoms with Crippen LogP contribution in [0.4, 0.5) is 0 Å². The van der Waals surface area contributed by atoms with Crippen molar-refractivity contribution in [2.24, 2.45) is 5.92 Å². The summed E-state index contributed by atoms with van der Waals surface area (Å²) in [5, 5.41) is 8.88. The SMILES string of the molecule is CN1CCCC(CO)CC1. The van der Waals surface area contributed by atoms with Crippen LogP contribution in [0, 0.1) is 5.92 Å². The fourth-order valence-electron chi connectivity index (χ4n) is 1.49. The maximum Gasteiger partial charge on any atom is 0.0459 e. The highest BCUT2D eigenvalue weighted by atomic mass is 16.3. The van der Waals surface area contributed by atoms with Crippen LogP contribution in [-0.4, -0.2) is 36.8 Å². The van der Waals surface area contributed by atoms with E-state index in [0.717, 1.165) is 6.54 Å². The van der Waals surface area contributed by atoms with Crippen LogP contribution >= 0.6 is 0 Å². The second-order valence-corrected chi connectivity index (χ2v) is 3.28. The van der Waals surface area contributed by atoms with Gasteiger partial charge in [-0.1, -0.05) is 0 Å². The van der Waals surface area contributed by atoms with Crippen molar-refractivity contribution in [1.29, 1.82) is 0 Å². The maximum atomic E-state index is 8.88. The number of aliphatic hydroxyl groups excluding tert-OH is 1. The van der Waals surface area contributed by atoms with Crippen molar-refractivity contribution in [2.45, 2.75) is 19.3 Å². The van der Waals surface area contributed by atoms with E-state index < -0.39 is 0 Å². The molecule has 0 radical (unpaired) electrons. The van der Waals surface area contributed by atoms with Crippen LogP contribution < -0.4 is 0 Å². The molecule has 1 saturated heterocycles. The summed E-state index contributed by atoms with van der Waals surface area (Å²) >= 11 is 0. The smallest absolute Gasteiger partial charge is 0.0459 e. The number of hydrogen-bond acceptors (Lipinski definition) is 2. The van der Waals surface area contributed by atoms with Crippen molar-refractivity contribution < 1.29 is 5.11 Å². The number of hydrogen-bond donors (Lipinski definition) is 1. The van der Waals surface area contributed by atoms with Crippen LogP contribution in [0.3, 0.4) is 0 Å². The van der Waals surface area contributed by atoms with E-state index in [9.17, 15) is 0 Å². The van der Waals surface area contributed by atoms with Gasteiger partial charge < -0.3 is 10.0 Å². The van der Waals surface area contributed by atoms with Crippen molar-refractivity contribution in [3.05, 3.63) is 0 Å². The molecule has 0 aliphatic carbocycles.